The molecular weight excluding hydrogens is 155 g/mol. The van der Waals surface area contributed by atoms with E-state index in [1.165, 1.54) is 12.4 Å². The standard InChI is InChI=1S/C5H5FN2OS/c1-7-4(9)3-2-10-5(6)8-3/h2H,1H3,(H,7,9). The highest BCUT2D eigenvalue weighted by molar-refractivity contribution is 7.08. The van der Waals surface area contributed by atoms with Gasteiger partial charge in [-0.1, -0.05) is 11.3 Å². The summed E-state index contributed by atoms with van der Waals surface area (Å²) < 4.78 is 12.2. The van der Waals surface area contributed by atoms with Crippen molar-refractivity contribution in [1.29, 1.82) is 0 Å². The smallest absolute Gasteiger partial charge is 0.270 e. The summed E-state index contributed by atoms with van der Waals surface area (Å²) in [7, 11) is 1.47. The number of carbonyl (C=O) groups is 1. The Morgan fingerprint density at radius 3 is 3.00 bits per heavy atom. The van der Waals surface area contributed by atoms with Crippen LogP contribution in [0.3, 0.4) is 0 Å². The van der Waals surface area contributed by atoms with E-state index in [4.69, 9.17) is 0 Å². The number of nitrogens with zero attached hydrogens (tertiary/aromatic N) is 1. The van der Waals surface area contributed by atoms with Crippen LogP contribution in [-0.4, -0.2) is 17.9 Å². The van der Waals surface area contributed by atoms with Crippen molar-refractivity contribution in [2.75, 3.05) is 7.05 Å². The Kier molecular flexibility index (Phi) is 1.96. The van der Waals surface area contributed by atoms with E-state index in [-0.39, 0.29) is 11.6 Å². The average Bonchev–Trinajstić information content (AvgIpc) is 2.34. The van der Waals surface area contributed by atoms with E-state index in [0.717, 1.165) is 11.3 Å². The lowest BCUT2D eigenvalue weighted by molar-refractivity contribution is 0.0958. The summed E-state index contributed by atoms with van der Waals surface area (Å²) in [6.45, 7) is 0. The topological polar surface area (TPSA) is 42.0 Å². The van der Waals surface area contributed by atoms with Gasteiger partial charge in [0, 0.05) is 12.4 Å². The van der Waals surface area contributed by atoms with Crippen LogP contribution >= 0.6 is 11.3 Å². The van der Waals surface area contributed by atoms with Crippen molar-refractivity contribution >= 4 is 17.2 Å². The minimum absolute atomic E-state index is 0.130. The van der Waals surface area contributed by atoms with E-state index in [1.54, 1.807) is 0 Å². The number of thiazole rings is 1. The third kappa shape index (κ3) is 1.30. The van der Waals surface area contributed by atoms with Gasteiger partial charge in [0.1, 0.15) is 5.69 Å². The molecule has 1 rings (SSSR count). The van der Waals surface area contributed by atoms with Gasteiger partial charge in [0.05, 0.1) is 0 Å². The van der Waals surface area contributed by atoms with Gasteiger partial charge in [-0.2, -0.15) is 4.39 Å². The summed E-state index contributed by atoms with van der Waals surface area (Å²) >= 11 is 0.809. The van der Waals surface area contributed by atoms with Crippen molar-refractivity contribution in [3.63, 3.8) is 0 Å². The summed E-state index contributed by atoms with van der Waals surface area (Å²) in [4.78, 5) is 14.0. The normalized spacial score (nSPS) is 9.40. The molecule has 0 bridgehead atoms. The highest BCUT2D eigenvalue weighted by Crippen LogP contribution is 2.06. The van der Waals surface area contributed by atoms with Crippen LogP contribution in [0, 0.1) is 5.26 Å². The molecule has 0 unspecified atom stereocenters. The number of hydrogen-bond acceptors (Lipinski definition) is 3. The second kappa shape index (κ2) is 2.74. The molecule has 0 aliphatic rings. The van der Waals surface area contributed by atoms with Crippen molar-refractivity contribution in [2.24, 2.45) is 0 Å². The number of rotatable bonds is 1. The van der Waals surface area contributed by atoms with Gasteiger partial charge in [0.15, 0.2) is 0 Å². The predicted molar refractivity (Wildman–Crippen MR) is 35.5 cm³/mol. The highest BCUT2D eigenvalue weighted by atomic mass is 32.1. The first-order valence-electron chi connectivity index (χ1n) is 2.57. The van der Waals surface area contributed by atoms with Crippen LogP contribution < -0.4 is 5.32 Å². The van der Waals surface area contributed by atoms with Gasteiger partial charge >= 0.3 is 0 Å². The molecule has 1 aromatic rings. The molecule has 0 saturated carbocycles. The van der Waals surface area contributed by atoms with Crippen LogP contribution in [0.4, 0.5) is 4.39 Å². The predicted octanol–water partition coefficient (Wildman–Crippen LogP) is 0.642. The molecule has 0 spiro atoms. The fourth-order valence-electron chi connectivity index (χ4n) is 0.484. The fourth-order valence-corrected chi connectivity index (χ4v) is 1.00. The summed E-state index contributed by atoms with van der Waals surface area (Å²) in [5.41, 5.74) is 0.130. The molecule has 0 radical (unpaired) electrons. The van der Waals surface area contributed by atoms with E-state index < -0.39 is 5.26 Å². The van der Waals surface area contributed by atoms with Gasteiger partial charge in [0.25, 0.3) is 11.2 Å². The second-order valence-corrected chi connectivity index (χ2v) is 2.37. The Bertz CT molecular complexity index is 248. The fraction of sp³-hybridized carbons (Fsp3) is 0.200. The van der Waals surface area contributed by atoms with Crippen LogP contribution in [0.5, 0.6) is 0 Å². The molecule has 0 aliphatic carbocycles. The Hall–Kier alpha value is -0.970. The van der Waals surface area contributed by atoms with E-state index >= 15 is 0 Å². The largest absolute Gasteiger partial charge is 0.354 e. The number of amides is 1. The molecule has 0 fully saturated rings. The number of hydrogen-bond donors (Lipinski definition) is 1. The van der Waals surface area contributed by atoms with Crippen LogP contribution in [0.2, 0.25) is 0 Å². The van der Waals surface area contributed by atoms with Gasteiger partial charge < -0.3 is 5.32 Å². The number of carbonyl (C=O) groups excluding carboxylic acids is 1. The van der Waals surface area contributed by atoms with Gasteiger partial charge in [-0.05, 0) is 0 Å². The third-order valence-corrected chi connectivity index (χ3v) is 1.56. The Morgan fingerprint density at radius 2 is 2.60 bits per heavy atom. The maximum atomic E-state index is 12.2. The molecule has 1 N–H and O–H groups in total. The number of nitrogens with one attached hydrogen (secondary N) is 1. The Morgan fingerprint density at radius 1 is 1.90 bits per heavy atom. The van der Waals surface area contributed by atoms with Crippen LogP contribution in [0.1, 0.15) is 10.5 Å². The Labute approximate surface area is 60.9 Å². The molecule has 0 aliphatic heterocycles. The van der Waals surface area contributed by atoms with Crippen LogP contribution in [-0.2, 0) is 0 Å². The van der Waals surface area contributed by atoms with Gasteiger partial charge in [-0.25, -0.2) is 4.98 Å². The van der Waals surface area contributed by atoms with Crippen molar-refractivity contribution < 1.29 is 9.18 Å². The lowest BCUT2D eigenvalue weighted by Gasteiger charge is -1.89. The highest BCUT2D eigenvalue weighted by Gasteiger charge is 2.06. The molecule has 1 amide bonds. The maximum absolute atomic E-state index is 12.2. The summed E-state index contributed by atoms with van der Waals surface area (Å²) in [6, 6.07) is 0. The lowest BCUT2D eigenvalue weighted by atomic mass is 10.5. The number of aromatic nitrogens is 1. The zero-order valence-corrected chi connectivity index (χ0v) is 6.04. The summed E-state index contributed by atoms with van der Waals surface area (Å²) in [5.74, 6) is -0.361. The number of halogens is 1. The van der Waals surface area contributed by atoms with Gasteiger partial charge in [-0.3, -0.25) is 4.79 Å². The Balaban J connectivity index is 2.85. The van der Waals surface area contributed by atoms with Crippen molar-refractivity contribution in [2.45, 2.75) is 0 Å². The van der Waals surface area contributed by atoms with Crippen LogP contribution in [0.25, 0.3) is 0 Å². The molecule has 1 aromatic heterocycles. The van der Waals surface area contributed by atoms with E-state index in [2.05, 4.69) is 10.3 Å². The van der Waals surface area contributed by atoms with Crippen molar-refractivity contribution in [3.8, 4) is 0 Å². The maximum Gasteiger partial charge on any atom is 0.270 e. The summed E-state index contributed by atoms with van der Waals surface area (Å²) in [6.07, 6.45) is 0. The molecule has 0 saturated heterocycles. The molecule has 0 atom stereocenters. The zero-order chi connectivity index (χ0) is 7.56. The first-order chi connectivity index (χ1) is 4.74. The molecule has 1 heterocycles. The van der Waals surface area contributed by atoms with Gasteiger partial charge in [-0.15, -0.1) is 0 Å². The summed E-state index contributed by atoms with van der Waals surface area (Å²) in [5, 5.41) is 3.12. The zero-order valence-electron chi connectivity index (χ0n) is 5.22. The monoisotopic (exact) mass is 160 g/mol. The minimum Gasteiger partial charge on any atom is -0.354 e. The molecule has 5 heteroatoms. The molecule has 0 aromatic carbocycles. The second-order valence-electron chi connectivity index (χ2n) is 1.56. The molecular formula is C5H5FN2OS. The third-order valence-electron chi connectivity index (χ3n) is 0.936. The van der Waals surface area contributed by atoms with Crippen molar-refractivity contribution in [3.05, 3.63) is 16.3 Å². The van der Waals surface area contributed by atoms with E-state index in [0.29, 0.717) is 0 Å². The van der Waals surface area contributed by atoms with Crippen LogP contribution in [0.15, 0.2) is 5.38 Å². The van der Waals surface area contributed by atoms with Crippen molar-refractivity contribution in [1.82, 2.24) is 10.3 Å². The first-order valence-corrected chi connectivity index (χ1v) is 3.45. The quantitative estimate of drug-likeness (QED) is 0.655. The molecule has 3 nitrogen and oxygen atoms in total. The minimum atomic E-state index is -0.585. The lowest BCUT2D eigenvalue weighted by Crippen LogP contribution is -2.17. The SMILES string of the molecule is CNC(=O)c1csc(F)n1. The molecule has 54 valence electrons. The van der Waals surface area contributed by atoms with E-state index in [9.17, 15) is 9.18 Å². The first kappa shape index (κ1) is 7.14. The average molecular weight is 160 g/mol. The molecule has 10 heavy (non-hydrogen) atoms. The van der Waals surface area contributed by atoms with Gasteiger partial charge in [0.2, 0.25) is 0 Å². The van der Waals surface area contributed by atoms with E-state index in [1.807, 2.05) is 0 Å².